The van der Waals surface area contributed by atoms with Gasteiger partial charge in [-0.05, 0) is 12.8 Å². The van der Waals surface area contributed by atoms with E-state index in [0.717, 1.165) is 36.5 Å². The smallest absolute Gasteiger partial charge is 0.220 e. The van der Waals surface area contributed by atoms with Crippen LogP contribution >= 0.6 is 0 Å². The summed E-state index contributed by atoms with van der Waals surface area (Å²) in [6.45, 7) is 2.80. The molecular formula is C12H21N5O. The number of hydrogen-bond donors (Lipinski definition) is 3. The Morgan fingerprint density at radius 2 is 2.39 bits per heavy atom. The third kappa shape index (κ3) is 2.57. The Bertz CT molecular complexity index is 440. The molecule has 0 radical (unpaired) electrons. The Labute approximate surface area is 107 Å². The second kappa shape index (κ2) is 5.29. The highest BCUT2D eigenvalue weighted by Crippen LogP contribution is 2.23. The van der Waals surface area contributed by atoms with Crippen molar-refractivity contribution >= 4 is 17.4 Å². The zero-order valence-electron chi connectivity index (χ0n) is 11.0. The van der Waals surface area contributed by atoms with E-state index in [4.69, 9.17) is 5.73 Å². The number of nitrogens with zero attached hydrogens (tertiary/aromatic N) is 2. The van der Waals surface area contributed by atoms with Crippen LogP contribution in [-0.2, 0) is 18.3 Å². The molecule has 0 saturated carbocycles. The fraction of sp³-hybridized carbons (Fsp3) is 0.667. The third-order valence-corrected chi connectivity index (χ3v) is 3.25. The number of carbonyl (C=O) groups is 1. The summed E-state index contributed by atoms with van der Waals surface area (Å²) in [6.07, 6.45) is 3.42. The highest BCUT2D eigenvalue weighted by molar-refractivity contribution is 5.78. The fourth-order valence-electron chi connectivity index (χ4n) is 2.28. The number of nitrogen functional groups attached to an aromatic ring is 1. The highest BCUT2D eigenvalue weighted by atomic mass is 16.1. The molecule has 1 fully saturated rings. The number of rotatable bonds is 5. The summed E-state index contributed by atoms with van der Waals surface area (Å²) < 4.78 is 1.77. The molecular weight excluding hydrogens is 230 g/mol. The quantitative estimate of drug-likeness (QED) is 0.717. The van der Waals surface area contributed by atoms with Gasteiger partial charge >= 0.3 is 0 Å². The maximum atomic E-state index is 11.1. The van der Waals surface area contributed by atoms with E-state index in [-0.39, 0.29) is 11.9 Å². The van der Waals surface area contributed by atoms with Crippen molar-refractivity contribution in [3.63, 3.8) is 0 Å². The molecule has 6 nitrogen and oxygen atoms in total. The molecule has 1 aromatic rings. The average molecular weight is 251 g/mol. The van der Waals surface area contributed by atoms with Gasteiger partial charge in [-0.2, -0.15) is 5.10 Å². The van der Waals surface area contributed by atoms with Crippen molar-refractivity contribution in [2.75, 3.05) is 17.6 Å². The van der Waals surface area contributed by atoms with Gasteiger partial charge in [0.05, 0.1) is 11.4 Å². The molecule has 1 aliphatic rings. The van der Waals surface area contributed by atoms with Crippen LogP contribution in [0, 0.1) is 0 Å². The van der Waals surface area contributed by atoms with Crippen molar-refractivity contribution in [1.29, 1.82) is 0 Å². The number of nitrogens with one attached hydrogen (secondary N) is 2. The van der Waals surface area contributed by atoms with E-state index in [1.54, 1.807) is 4.68 Å². The summed E-state index contributed by atoms with van der Waals surface area (Å²) >= 11 is 0. The zero-order chi connectivity index (χ0) is 13.1. The minimum Gasteiger partial charge on any atom is -0.394 e. The van der Waals surface area contributed by atoms with E-state index < -0.39 is 0 Å². The molecule has 1 saturated heterocycles. The van der Waals surface area contributed by atoms with Crippen LogP contribution in [0.5, 0.6) is 0 Å². The largest absolute Gasteiger partial charge is 0.394 e. The molecule has 0 aliphatic carbocycles. The molecule has 6 heteroatoms. The number of hydrogen-bond acceptors (Lipinski definition) is 4. The van der Waals surface area contributed by atoms with Crippen molar-refractivity contribution < 1.29 is 4.79 Å². The van der Waals surface area contributed by atoms with Crippen LogP contribution in [-0.4, -0.2) is 28.3 Å². The van der Waals surface area contributed by atoms with Crippen LogP contribution in [0.1, 0.15) is 31.9 Å². The first-order chi connectivity index (χ1) is 8.61. The van der Waals surface area contributed by atoms with Crippen LogP contribution < -0.4 is 16.4 Å². The molecule has 0 bridgehead atoms. The van der Waals surface area contributed by atoms with E-state index in [9.17, 15) is 4.79 Å². The first kappa shape index (κ1) is 12.7. The SMILES string of the molecule is CCCc1nn(C)c(NCC2CCC(=O)N2)c1N. The van der Waals surface area contributed by atoms with Gasteiger partial charge in [0.2, 0.25) is 5.91 Å². The van der Waals surface area contributed by atoms with Gasteiger partial charge in [0.15, 0.2) is 0 Å². The predicted octanol–water partition coefficient (Wildman–Crippen LogP) is 0.645. The summed E-state index contributed by atoms with van der Waals surface area (Å²) in [5.41, 5.74) is 7.74. The summed E-state index contributed by atoms with van der Waals surface area (Å²) in [5, 5.41) is 10.6. The van der Waals surface area contributed by atoms with Crippen molar-refractivity contribution in [3.8, 4) is 0 Å². The van der Waals surface area contributed by atoms with Crippen molar-refractivity contribution in [2.45, 2.75) is 38.6 Å². The van der Waals surface area contributed by atoms with Crippen LogP contribution in [0.25, 0.3) is 0 Å². The van der Waals surface area contributed by atoms with Crippen molar-refractivity contribution in [3.05, 3.63) is 5.69 Å². The maximum Gasteiger partial charge on any atom is 0.220 e. The number of anilines is 2. The summed E-state index contributed by atoms with van der Waals surface area (Å²) in [4.78, 5) is 11.1. The minimum atomic E-state index is 0.131. The third-order valence-electron chi connectivity index (χ3n) is 3.25. The monoisotopic (exact) mass is 251 g/mol. The molecule has 100 valence electrons. The lowest BCUT2D eigenvalue weighted by molar-refractivity contribution is -0.119. The minimum absolute atomic E-state index is 0.131. The summed E-state index contributed by atoms with van der Waals surface area (Å²) in [6, 6.07) is 0.196. The molecule has 0 aromatic carbocycles. The van der Waals surface area contributed by atoms with Gasteiger partial charge in [-0.1, -0.05) is 13.3 Å². The predicted molar refractivity (Wildman–Crippen MR) is 71.3 cm³/mol. The lowest BCUT2D eigenvalue weighted by Crippen LogP contribution is -2.32. The molecule has 0 spiro atoms. The van der Waals surface area contributed by atoms with Gasteiger partial charge in [-0.3, -0.25) is 9.48 Å². The molecule has 4 N–H and O–H groups in total. The van der Waals surface area contributed by atoms with Crippen LogP contribution in [0.4, 0.5) is 11.5 Å². The zero-order valence-corrected chi connectivity index (χ0v) is 11.0. The van der Waals surface area contributed by atoms with E-state index in [1.165, 1.54) is 0 Å². The number of aromatic nitrogens is 2. The van der Waals surface area contributed by atoms with Gasteiger partial charge in [0.1, 0.15) is 5.82 Å². The molecule has 2 heterocycles. The van der Waals surface area contributed by atoms with E-state index in [0.29, 0.717) is 13.0 Å². The van der Waals surface area contributed by atoms with Gasteiger partial charge in [0.25, 0.3) is 0 Å². The number of nitrogens with two attached hydrogens (primary N) is 1. The molecule has 18 heavy (non-hydrogen) atoms. The Morgan fingerprint density at radius 3 is 3.00 bits per heavy atom. The fourth-order valence-corrected chi connectivity index (χ4v) is 2.28. The van der Waals surface area contributed by atoms with Gasteiger partial charge in [-0.25, -0.2) is 0 Å². The summed E-state index contributed by atoms with van der Waals surface area (Å²) in [5.74, 6) is 0.978. The molecule has 1 aromatic heterocycles. The first-order valence-corrected chi connectivity index (χ1v) is 6.46. The van der Waals surface area contributed by atoms with Crippen molar-refractivity contribution in [1.82, 2.24) is 15.1 Å². The Hall–Kier alpha value is -1.72. The van der Waals surface area contributed by atoms with Crippen LogP contribution in [0.15, 0.2) is 0 Å². The van der Waals surface area contributed by atoms with E-state index in [1.807, 2.05) is 7.05 Å². The van der Waals surface area contributed by atoms with Gasteiger partial charge in [-0.15, -0.1) is 0 Å². The van der Waals surface area contributed by atoms with Gasteiger partial charge < -0.3 is 16.4 Å². The van der Waals surface area contributed by atoms with Crippen LogP contribution in [0.3, 0.4) is 0 Å². The molecule has 1 amide bonds. The van der Waals surface area contributed by atoms with E-state index in [2.05, 4.69) is 22.7 Å². The lowest BCUT2D eigenvalue weighted by atomic mass is 10.2. The highest BCUT2D eigenvalue weighted by Gasteiger charge is 2.21. The first-order valence-electron chi connectivity index (χ1n) is 6.46. The maximum absolute atomic E-state index is 11.1. The standard InChI is InChI=1S/C12H21N5O/c1-3-4-9-11(13)12(17(2)16-9)14-7-8-5-6-10(18)15-8/h8,14H,3-7,13H2,1-2H3,(H,15,18). The second-order valence-corrected chi connectivity index (χ2v) is 4.77. The number of carbonyl (C=O) groups excluding carboxylic acids is 1. The molecule has 1 atom stereocenters. The van der Waals surface area contributed by atoms with Crippen LogP contribution in [0.2, 0.25) is 0 Å². The molecule has 2 rings (SSSR count). The second-order valence-electron chi connectivity index (χ2n) is 4.77. The lowest BCUT2D eigenvalue weighted by Gasteiger charge is -2.12. The Kier molecular flexibility index (Phi) is 3.74. The summed E-state index contributed by atoms with van der Waals surface area (Å²) in [7, 11) is 1.88. The molecule has 1 aliphatic heterocycles. The van der Waals surface area contributed by atoms with Crippen molar-refractivity contribution in [2.24, 2.45) is 7.05 Å². The number of aryl methyl sites for hydroxylation is 2. The molecule has 1 unspecified atom stereocenters. The normalized spacial score (nSPS) is 19.0. The van der Waals surface area contributed by atoms with E-state index >= 15 is 0 Å². The Balaban J connectivity index is 1.98. The average Bonchev–Trinajstić information content (AvgIpc) is 2.84. The Morgan fingerprint density at radius 1 is 1.61 bits per heavy atom. The topological polar surface area (TPSA) is 85.0 Å². The van der Waals surface area contributed by atoms with Gasteiger partial charge in [0, 0.05) is 26.1 Å². The number of amides is 1.